The number of methoxy groups -OCH3 is 3. The molecule has 8 heteroatoms. The van der Waals surface area contributed by atoms with E-state index in [9.17, 15) is 19.1 Å². The Bertz CT molecular complexity index is 842. The van der Waals surface area contributed by atoms with E-state index in [1.165, 1.54) is 40.4 Å². The second-order valence-electron chi connectivity index (χ2n) is 6.20. The molecule has 0 aromatic heterocycles. The lowest BCUT2D eigenvalue weighted by Gasteiger charge is -2.27. The Labute approximate surface area is 162 Å². The first kappa shape index (κ1) is 21.0. The minimum absolute atomic E-state index is 0.124. The normalized spacial score (nSPS) is 12.6. The Kier molecular flexibility index (Phi) is 6.45. The molecule has 0 spiro atoms. The lowest BCUT2D eigenvalue weighted by atomic mass is 9.91. The van der Waals surface area contributed by atoms with Gasteiger partial charge >= 0.3 is 5.97 Å². The number of benzene rings is 2. The fourth-order valence-electron chi connectivity index (χ4n) is 2.78. The molecule has 0 heterocycles. The number of nitrogens with one attached hydrogen (secondary N) is 1. The van der Waals surface area contributed by atoms with Crippen LogP contribution in [0.15, 0.2) is 36.4 Å². The average molecular weight is 391 g/mol. The lowest BCUT2D eigenvalue weighted by Crippen LogP contribution is -2.50. The number of aliphatic carboxylic acids is 1. The first-order valence-corrected chi connectivity index (χ1v) is 8.34. The van der Waals surface area contributed by atoms with Gasteiger partial charge in [-0.15, -0.1) is 0 Å². The molecule has 0 aliphatic heterocycles. The average Bonchev–Trinajstić information content (AvgIpc) is 2.67. The molecule has 0 aliphatic rings. The van der Waals surface area contributed by atoms with Crippen molar-refractivity contribution in [2.24, 2.45) is 0 Å². The summed E-state index contributed by atoms with van der Waals surface area (Å²) in [5.74, 6) is -1.16. The maximum Gasteiger partial charge on any atom is 0.333 e. The second-order valence-corrected chi connectivity index (χ2v) is 6.20. The van der Waals surface area contributed by atoms with E-state index in [0.717, 1.165) is 12.1 Å². The molecule has 28 heavy (non-hydrogen) atoms. The number of carboxylic acid groups (broad SMARTS) is 1. The summed E-state index contributed by atoms with van der Waals surface area (Å²) in [5, 5.41) is 12.1. The highest BCUT2D eigenvalue weighted by Crippen LogP contribution is 2.38. The minimum Gasteiger partial charge on any atom is -0.493 e. The van der Waals surface area contributed by atoms with E-state index in [2.05, 4.69) is 5.32 Å². The van der Waals surface area contributed by atoms with E-state index in [0.29, 0.717) is 22.8 Å². The minimum atomic E-state index is -1.72. The summed E-state index contributed by atoms with van der Waals surface area (Å²) in [4.78, 5) is 24.4. The van der Waals surface area contributed by atoms with Crippen molar-refractivity contribution in [3.05, 3.63) is 53.3 Å². The van der Waals surface area contributed by atoms with Crippen molar-refractivity contribution in [3.8, 4) is 17.2 Å². The molecule has 1 amide bonds. The molecule has 0 saturated carbocycles. The zero-order valence-corrected chi connectivity index (χ0v) is 16.0. The fraction of sp³-hybridized carbons (Fsp3) is 0.300. The van der Waals surface area contributed by atoms with Crippen molar-refractivity contribution in [2.75, 3.05) is 21.3 Å². The monoisotopic (exact) mass is 391 g/mol. The third kappa shape index (κ3) is 4.33. The molecule has 2 aromatic rings. The predicted octanol–water partition coefficient (Wildman–Crippen LogP) is 2.51. The van der Waals surface area contributed by atoms with Gasteiger partial charge in [-0.2, -0.15) is 0 Å². The molecular formula is C20H22FNO6. The summed E-state index contributed by atoms with van der Waals surface area (Å²) in [6.45, 7) is 1.34. The number of carbonyl (C=O) groups is 2. The Balaban J connectivity index is 2.28. The number of carbonyl (C=O) groups excluding carboxylic acids is 1. The van der Waals surface area contributed by atoms with Crippen molar-refractivity contribution in [1.82, 2.24) is 5.32 Å². The van der Waals surface area contributed by atoms with E-state index < -0.39 is 23.2 Å². The highest BCUT2D eigenvalue weighted by atomic mass is 19.1. The van der Waals surface area contributed by atoms with Crippen LogP contribution >= 0.6 is 0 Å². The van der Waals surface area contributed by atoms with E-state index in [-0.39, 0.29) is 12.0 Å². The van der Waals surface area contributed by atoms with Gasteiger partial charge in [-0.05, 0) is 42.3 Å². The number of carboxylic acids is 1. The Morgan fingerprint density at radius 3 is 2.00 bits per heavy atom. The van der Waals surface area contributed by atoms with Crippen LogP contribution in [0.25, 0.3) is 0 Å². The quantitative estimate of drug-likeness (QED) is 0.718. The predicted molar refractivity (Wildman–Crippen MR) is 99.3 cm³/mol. The summed E-state index contributed by atoms with van der Waals surface area (Å²) in [6, 6.07) is 8.14. The zero-order valence-electron chi connectivity index (χ0n) is 16.0. The van der Waals surface area contributed by atoms with Crippen molar-refractivity contribution in [1.29, 1.82) is 0 Å². The van der Waals surface area contributed by atoms with Crippen LogP contribution in [0, 0.1) is 5.82 Å². The van der Waals surface area contributed by atoms with Crippen LogP contribution in [-0.4, -0.2) is 38.3 Å². The summed E-state index contributed by atoms with van der Waals surface area (Å²) in [5.41, 5.74) is -0.927. The van der Waals surface area contributed by atoms with Gasteiger partial charge in [0.1, 0.15) is 5.82 Å². The smallest absolute Gasteiger partial charge is 0.333 e. The van der Waals surface area contributed by atoms with E-state index in [4.69, 9.17) is 14.2 Å². The Morgan fingerprint density at radius 2 is 1.57 bits per heavy atom. The number of hydrogen-bond acceptors (Lipinski definition) is 5. The third-order valence-corrected chi connectivity index (χ3v) is 4.33. The standard InChI is InChI=1S/C20H22FNO6/c1-20(19(24)25,13-5-7-14(21)8-6-13)22-17(23)11-12-9-15(26-2)18(28-4)16(10-12)27-3/h5-10H,11H2,1-4H3,(H,22,23)(H,24,25). The molecule has 0 saturated heterocycles. The first-order chi connectivity index (χ1) is 13.2. The van der Waals surface area contributed by atoms with Gasteiger partial charge < -0.3 is 24.6 Å². The SMILES string of the molecule is COc1cc(CC(=O)NC(C)(C(=O)O)c2ccc(F)cc2)cc(OC)c1OC. The van der Waals surface area contributed by atoms with Crippen molar-refractivity contribution in [3.63, 3.8) is 0 Å². The molecular weight excluding hydrogens is 369 g/mol. The molecule has 150 valence electrons. The van der Waals surface area contributed by atoms with Gasteiger partial charge in [-0.25, -0.2) is 9.18 Å². The summed E-state index contributed by atoms with van der Waals surface area (Å²) in [6.07, 6.45) is -0.124. The number of rotatable bonds is 8. The van der Waals surface area contributed by atoms with Crippen LogP contribution in [0.2, 0.25) is 0 Å². The molecule has 7 nitrogen and oxygen atoms in total. The highest BCUT2D eigenvalue weighted by molar-refractivity contribution is 5.88. The fourth-order valence-corrected chi connectivity index (χ4v) is 2.78. The lowest BCUT2D eigenvalue weighted by molar-refractivity contribution is -0.147. The molecule has 2 N–H and O–H groups in total. The largest absolute Gasteiger partial charge is 0.493 e. The van der Waals surface area contributed by atoms with E-state index in [1.54, 1.807) is 12.1 Å². The third-order valence-electron chi connectivity index (χ3n) is 4.33. The van der Waals surface area contributed by atoms with Gasteiger partial charge in [-0.1, -0.05) is 12.1 Å². The Hall–Kier alpha value is -3.29. The van der Waals surface area contributed by atoms with Crippen LogP contribution in [0.3, 0.4) is 0 Å². The van der Waals surface area contributed by atoms with E-state index >= 15 is 0 Å². The molecule has 1 unspecified atom stereocenters. The van der Waals surface area contributed by atoms with Gasteiger partial charge in [0.15, 0.2) is 17.0 Å². The van der Waals surface area contributed by atoms with E-state index in [1.807, 2.05) is 0 Å². The van der Waals surface area contributed by atoms with Gasteiger partial charge in [0.2, 0.25) is 11.7 Å². The van der Waals surface area contributed by atoms with Crippen molar-refractivity contribution >= 4 is 11.9 Å². The Morgan fingerprint density at radius 1 is 1.04 bits per heavy atom. The summed E-state index contributed by atoms with van der Waals surface area (Å²) >= 11 is 0. The number of amides is 1. The van der Waals surface area contributed by atoms with Gasteiger partial charge in [0.05, 0.1) is 27.8 Å². The maximum atomic E-state index is 13.2. The van der Waals surface area contributed by atoms with Crippen molar-refractivity contribution < 1.29 is 33.3 Å². The van der Waals surface area contributed by atoms with Gasteiger partial charge in [0.25, 0.3) is 0 Å². The summed E-state index contributed by atoms with van der Waals surface area (Å²) < 4.78 is 28.9. The molecule has 2 rings (SSSR count). The van der Waals surface area contributed by atoms with Crippen LogP contribution in [0.5, 0.6) is 17.2 Å². The van der Waals surface area contributed by atoms with Gasteiger partial charge in [0, 0.05) is 0 Å². The zero-order chi connectivity index (χ0) is 20.9. The number of hydrogen-bond donors (Lipinski definition) is 2. The van der Waals surface area contributed by atoms with Crippen LogP contribution in [0.4, 0.5) is 4.39 Å². The molecule has 0 aliphatic carbocycles. The molecule has 0 radical (unpaired) electrons. The van der Waals surface area contributed by atoms with Crippen LogP contribution in [0.1, 0.15) is 18.1 Å². The van der Waals surface area contributed by atoms with Crippen LogP contribution < -0.4 is 19.5 Å². The number of ether oxygens (including phenoxy) is 3. The second kappa shape index (κ2) is 8.60. The maximum absolute atomic E-state index is 13.2. The first-order valence-electron chi connectivity index (χ1n) is 8.34. The van der Waals surface area contributed by atoms with Gasteiger partial charge in [-0.3, -0.25) is 4.79 Å². The molecule has 2 aromatic carbocycles. The van der Waals surface area contributed by atoms with Crippen LogP contribution in [-0.2, 0) is 21.5 Å². The molecule has 1 atom stereocenters. The summed E-state index contributed by atoms with van der Waals surface area (Å²) in [7, 11) is 4.38. The molecule has 0 fully saturated rings. The number of halogens is 1. The highest BCUT2D eigenvalue weighted by Gasteiger charge is 2.37. The topological polar surface area (TPSA) is 94.1 Å². The molecule has 0 bridgehead atoms. The van der Waals surface area contributed by atoms with Crippen molar-refractivity contribution in [2.45, 2.75) is 18.9 Å².